The summed E-state index contributed by atoms with van der Waals surface area (Å²) in [6.07, 6.45) is 4.00. The summed E-state index contributed by atoms with van der Waals surface area (Å²) in [6.45, 7) is 1.46. The first-order valence-corrected chi connectivity index (χ1v) is 6.11. The van der Waals surface area contributed by atoms with Crippen molar-refractivity contribution in [3.05, 3.63) is 35.4 Å². The smallest absolute Gasteiger partial charge is 0.307 e. The van der Waals surface area contributed by atoms with E-state index in [1.165, 1.54) is 19.3 Å². The second kappa shape index (κ2) is 5.82. The van der Waals surface area contributed by atoms with Gasteiger partial charge < -0.3 is 9.84 Å². The number of carboxylic acid groups (broad SMARTS) is 1. The zero-order chi connectivity index (χ0) is 12.1. The van der Waals surface area contributed by atoms with Crippen LogP contribution in [-0.4, -0.2) is 17.7 Å². The molecule has 0 radical (unpaired) electrons. The van der Waals surface area contributed by atoms with Gasteiger partial charge in [-0.2, -0.15) is 0 Å². The van der Waals surface area contributed by atoms with Gasteiger partial charge in [-0.25, -0.2) is 0 Å². The third-order valence-electron chi connectivity index (χ3n) is 3.01. The number of benzene rings is 1. The minimum Gasteiger partial charge on any atom is -0.481 e. The number of aliphatic carboxylic acids is 1. The number of carbonyl (C=O) groups is 1. The van der Waals surface area contributed by atoms with E-state index < -0.39 is 5.97 Å². The molecule has 0 aromatic heterocycles. The Bertz CT molecular complexity index is 366. The fraction of sp³-hybridized carbons (Fsp3) is 0.500. The van der Waals surface area contributed by atoms with Crippen molar-refractivity contribution in [2.45, 2.75) is 32.3 Å². The van der Waals surface area contributed by atoms with Gasteiger partial charge in [-0.1, -0.05) is 37.1 Å². The van der Waals surface area contributed by atoms with Crippen molar-refractivity contribution >= 4 is 5.97 Å². The van der Waals surface area contributed by atoms with Crippen LogP contribution in [-0.2, 0) is 22.6 Å². The summed E-state index contributed by atoms with van der Waals surface area (Å²) in [4.78, 5) is 10.5. The first kappa shape index (κ1) is 12.1. The minimum atomic E-state index is -0.793. The highest BCUT2D eigenvalue weighted by Crippen LogP contribution is 2.32. The molecule has 1 N–H and O–H groups in total. The molecule has 0 unspecified atom stereocenters. The topological polar surface area (TPSA) is 46.5 Å². The second-order valence-electron chi connectivity index (χ2n) is 4.67. The molecule has 92 valence electrons. The largest absolute Gasteiger partial charge is 0.481 e. The average molecular weight is 234 g/mol. The van der Waals surface area contributed by atoms with Crippen LogP contribution in [0.5, 0.6) is 0 Å². The van der Waals surface area contributed by atoms with Gasteiger partial charge in [0.2, 0.25) is 0 Å². The molecule has 17 heavy (non-hydrogen) atoms. The Morgan fingerprint density at radius 3 is 2.47 bits per heavy atom. The normalized spacial score (nSPS) is 14.8. The molecule has 1 aromatic carbocycles. The lowest BCUT2D eigenvalue weighted by Gasteiger charge is -2.04. The quantitative estimate of drug-likeness (QED) is 0.738. The van der Waals surface area contributed by atoms with Crippen LogP contribution in [0.2, 0.25) is 0 Å². The van der Waals surface area contributed by atoms with Crippen molar-refractivity contribution in [3.63, 3.8) is 0 Å². The summed E-state index contributed by atoms with van der Waals surface area (Å²) in [5, 5.41) is 8.64. The lowest BCUT2D eigenvalue weighted by atomic mass is 10.1. The molecule has 0 amide bonds. The summed E-state index contributed by atoms with van der Waals surface area (Å²) < 4.78 is 5.58. The average Bonchev–Trinajstić information content (AvgIpc) is 3.10. The number of hydrogen-bond acceptors (Lipinski definition) is 2. The molecular formula is C14H18O3. The van der Waals surface area contributed by atoms with Crippen molar-refractivity contribution in [3.8, 4) is 0 Å². The van der Waals surface area contributed by atoms with E-state index in [0.29, 0.717) is 6.61 Å². The lowest BCUT2D eigenvalue weighted by molar-refractivity contribution is -0.136. The molecular weight excluding hydrogens is 216 g/mol. The summed E-state index contributed by atoms with van der Waals surface area (Å²) in [7, 11) is 0. The SMILES string of the molecule is O=C(O)Cc1ccc(COCCC2CC2)cc1. The van der Waals surface area contributed by atoms with Crippen LogP contribution in [0.25, 0.3) is 0 Å². The van der Waals surface area contributed by atoms with E-state index in [1.54, 1.807) is 0 Å². The highest BCUT2D eigenvalue weighted by atomic mass is 16.5. The molecule has 2 rings (SSSR count). The van der Waals surface area contributed by atoms with Crippen LogP contribution in [0.4, 0.5) is 0 Å². The molecule has 0 saturated heterocycles. The van der Waals surface area contributed by atoms with Gasteiger partial charge in [-0.3, -0.25) is 4.79 Å². The molecule has 0 atom stereocenters. The van der Waals surface area contributed by atoms with Crippen molar-refractivity contribution < 1.29 is 14.6 Å². The number of rotatable bonds is 7. The van der Waals surface area contributed by atoms with E-state index in [0.717, 1.165) is 23.7 Å². The highest BCUT2D eigenvalue weighted by Gasteiger charge is 2.20. The van der Waals surface area contributed by atoms with E-state index >= 15 is 0 Å². The number of carboxylic acids is 1. The summed E-state index contributed by atoms with van der Waals surface area (Å²) in [6, 6.07) is 7.59. The second-order valence-corrected chi connectivity index (χ2v) is 4.67. The Labute approximate surface area is 101 Å². The molecule has 1 saturated carbocycles. The van der Waals surface area contributed by atoms with Gasteiger partial charge in [-0.05, 0) is 23.5 Å². The van der Waals surface area contributed by atoms with Crippen molar-refractivity contribution in [1.29, 1.82) is 0 Å². The molecule has 0 bridgehead atoms. The molecule has 1 fully saturated rings. The van der Waals surface area contributed by atoms with Crippen LogP contribution >= 0.6 is 0 Å². The zero-order valence-electron chi connectivity index (χ0n) is 9.89. The molecule has 1 aromatic rings. The Hall–Kier alpha value is -1.35. The third-order valence-corrected chi connectivity index (χ3v) is 3.01. The predicted octanol–water partition coefficient (Wildman–Crippen LogP) is 2.63. The molecule has 0 spiro atoms. The van der Waals surface area contributed by atoms with Crippen molar-refractivity contribution in [2.75, 3.05) is 6.61 Å². The maximum atomic E-state index is 10.5. The Morgan fingerprint density at radius 1 is 1.24 bits per heavy atom. The van der Waals surface area contributed by atoms with E-state index in [9.17, 15) is 4.79 Å². The maximum Gasteiger partial charge on any atom is 0.307 e. The van der Waals surface area contributed by atoms with Gasteiger partial charge >= 0.3 is 5.97 Å². The summed E-state index contributed by atoms with van der Waals surface area (Å²) in [5.74, 6) is 0.117. The number of ether oxygens (including phenoxy) is 1. The predicted molar refractivity (Wildman–Crippen MR) is 64.8 cm³/mol. The summed E-state index contributed by atoms with van der Waals surface area (Å²) in [5.41, 5.74) is 1.94. The van der Waals surface area contributed by atoms with Gasteiger partial charge in [0.25, 0.3) is 0 Å². The Kier molecular flexibility index (Phi) is 4.15. The fourth-order valence-corrected chi connectivity index (χ4v) is 1.77. The number of hydrogen-bond donors (Lipinski definition) is 1. The van der Waals surface area contributed by atoms with Gasteiger partial charge in [-0.15, -0.1) is 0 Å². The molecule has 3 heteroatoms. The van der Waals surface area contributed by atoms with E-state index in [-0.39, 0.29) is 6.42 Å². The van der Waals surface area contributed by atoms with Gasteiger partial charge in [0.05, 0.1) is 13.0 Å². The molecule has 3 nitrogen and oxygen atoms in total. The van der Waals surface area contributed by atoms with E-state index in [2.05, 4.69) is 0 Å². The van der Waals surface area contributed by atoms with E-state index in [4.69, 9.17) is 9.84 Å². The van der Waals surface area contributed by atoms with Crippen LogP contribution < -0.4 is 0 Å². The Morgan fingerprint density at radius 2 is 1.88 bits per heavy atom. The van der Waals surface area contributed by atoms with Gasteiger partial charge in [0, 0.05) is 6.61 Å². The van der Waals surface area contributed by atoms with Crippen LogP contribution in [0.1, 0.15) is 30.4 Å². The monoisotopic (exact) mass is 234 g/mol. The first-order valence-electron chi connectivity index (χ1n) is 6.11. The van der Waals surface area contributed by atoms with Gasteiger partial charge in [0.1, 0.15) is 0 Å². The van der Waals surface area contributed by atoms with E-state index in [1.807, 2.05) is 24.3 Å². The van der Waals surface area contributed by atoms with Crippen molar-refractivity contribution in [1.82, 2.24) is 0 Å². The molecule has 1 aliphatic carbocycles. The molecule has 0 heterocycles. The van der Waals surface area contributed by atoms with Crippen molar-refractivity contribution in [2.24, 2.45) is 5.92 Å². The molecule has 1 aliphatic rings. The van der Waals surface area contributed by atoms with Gasteiger partial charge in [0.15, 0.2) is 0 Å². The zero-order valence-corrected chi connectivity index (χ0v) is 9.89. The lowest BCUT2D eigenvalue weighted by Crippen LogP contribution is -2.00. The minimum absolute atomic E-state index is 0.0861. The van der Waals surface area contributed by atoms with Crippen LogP contribution in [0, 0.1) is 5.92 Å². The Balaban J connectivity index is 1.70. The highest BCUT2D eigenvalue weighted by molar-refractivity contribution is 5.70. The molecule has 0 aliphatic heterocycles. The van der Waals surface area contributed by atoms with Crippen LogP contribution in [0.3, 0.4) is 0 Å². The fourth-order valence-electron chi connectivity index (χ4n) is 1.77. The van der Waals surface area contributed by atoms with Crippen LogP contribution in [0.15, 0.2) is 24.3 Å². The maximum absolute atomic E-state index is 10.5. The third kappa shape index (κ3) is 4.57. The standard InChI is InChI=1S/C14H18O3/c15-14(16)9-12-3-5-13(6-4-12)10-17-8-7-11-1-2-11/h3-6,11H,1-2,7-10H2,(H,15,16). The summed E-state index contributed by atoms with van der Waals surface area (Å²) >= 11 is 0. The first-order chi connectivity index (χ1) is 8.24.